The van der Waals surface area contributed by atoms with Gasteiger partial charge >= 0.3 is 0 Å². The molecule has 0 bridgehead atoms. The second kappa shape index (κ2) is 10.3. The first-order valence-corrected chi connectivity index (χ1v) is 9.35. The van der Waals surface area contributed by atoms with Gasteiger partial charge < -0.3 is 19.7 Å². The zero-order valence-corrected chi connectivity index (χ0v) is 17.0. The van der Waals surface area contributed by atoms with Crippen molar-refractivity contribution in [2.45, 2.75) is 27.2 Å². The Morgan fingerprint density at radius 1 is 1.07 bits per heavy atom. The van der Waals surface area contributed by atoms with Crippen LogP contribution in [0.4, 0.5) is 5.69 Å². The number of para-hydroxylation sites is 1. The molecule has 6 nitrogen and oxygen atoms in total. The van der Waals surface area contributed by atoms with E-state index in [0.29, 0.717) is 18.9 Å². The van der Waals surface area contributed by atoms with E-state index in [-0.39, 0.29) is 18.4 Å². The molecular weight excluding hydrogens is 356 g/mol. The van der Waals surface area contributed by atoms with Crippen molar-refractivity contribution in [1.29, 1.82) is 0 Å². The lowest BCUT2D eigenvalue weighted by molar-refractivity contribution is -0.133. The standard InChI is InChI=1S/C22H28N2O4/c1-5-18-8-6-7-16(2)22(18)23-21(26)15-24(17(3)25)13-14-28-20-11-9-19(27-4)10-12-20/h6-12H,5,13-15H2,1-4H3,(H,23,26). The van der Waals surface area contributed by atoms with Gasteiger partial charge in [0.1, 0.15) is 18.1 Å². The molecule has 150 valence electrons. The van der Waals surface area contributed by atoms with Crippen molar-refractivity contribution in [2.24, 2.45) is 0 Å². The van der Waals surface area contributed by atoms with Gasteiger partial charge in [0.2, 0.25) is 11.8 Å². The van der Waals surface area contributed by atoms with E-state index in [2.05, 4.69) is 5.32 Å². The molecule has 0 aliphatic heterocycles. The fourth-order valence-electron chi connectivity index (χ4n) is 2.85. The summed E-state index contributed by atoms with van der Waals surface area (Å²) in [4.78, 5) is 25.9. The van der Waals surface area contributed by atoms with Crippen LogP contribution in [0.2, 0.25) is 0 Å². The minimum absolute atomic E-state index is 0.0151. The summed E-state index contributed by atoms with van der Waals surface area (Å²) in [6.45, 7) is 6.06. The molecule has 0 aliphatic carbocycles. The van der Waals surface area contributed by atoms with E-state index in [9.17, 15) is 9.59 Å². The smallest absolute Gasteiger partial charge is 0.244 e. The molecule has 0 atom stereocenters. The van der Waals surface area contributed by atoms with Crippen molar-refractivity contribution in [2.75, 3.05) is 32.1 Å². The maximum Gasteiger partial charge on any atom is 0.244 e. The van der Waals surface area contributed by atoms with Crippen molar-refractivity contribution in [3.63, 3.8) is 0 Å². The van der Waals surface area contributed by atoms with Gasteiger partial charge in [0.15, 0.2) is 0 Å². The molecule has 0 fully saturated rings. The van der Waals surface area contributed by atoms with E-state index in [1.807, 2.05) is 32.0 Å². The van der Waals surface area contributed by atoms with Gasteiger partial charge in [0, 0.05) is 12.6 Å². The largest absolute Gasteiger partial charge is 0.497 e. The normalized spacial score (nSPS) is 10.3. The van der Waals surface area contributed by atoms with Crippen LogP contribution in [0.5, 0.6) is 11.5 Å². The van der Waals surface area contributed by atoms with Gasteiger partial charge in [0.05, 0.1) is 20.2 Å². The maximum absolute atomic E-state index is 12.5. The van der Waals surface area contributed by atoms with Crippen LogP contribution in [0.1, 0.15) is 25.0 Å². The summed E-state index contributed by atoms with van der Waals surface area (Å²) in [7, 11) is 1.60. The molecule has 0 radical (unpaired) electrons. The molecule has 0 saturated carbocycles. The Bertz CT molecular complexity index is 803. The Hall–Kier alpha value is -3.02. The quantitative estimate of drug-likeness (QED) is 0.719. The van der Waals surface area contributed by atoms with Crippen molar-refractivity contribution in [1.82, 2.24) is 4.90 Å². The average molecular weight is 384 g/mol. The topological polar surface area (TPSA) is 67.9 Å². The molecule has 28 heavy (non-hydrogen) atoms. The van der Waals surface area contributed by atoms with E-state index in [0.717, 1.165) is 29.0 Å². The third kappa shape index (κ3) is 6.01. The van der Waals surface area contributed by atoms with Crippen LogP contribution in [0.25, 0.3) is 0 Å². The Morgan fingerprint density at radius 2 is 1.75 bits per heavy atom. The van der Waals surface area contributed by atoms with E-state index in [1.54, 1.807) is 31.4 Å². The summed E-state index contributed by atoms with van der Waals surface area (Å²) < 4.78 is 10.8. The van der Waals surface area contributed by atoms with E-state index >= 15 is 0 Å². The summed E-state index contributed by atoms with van der Waals surface area (Å²) in [5.74, 6) is 1.04. The van der Waals surface area contributed by atoms with E-state index in [4.69, 9.17) is 9.47 Å². The molecule has 0 aliphatic rings. The van der Waals surface area contributed by atoms with Crippen LogP contribution < -0.4 is 14.8 Å². The minimum atomic E-state index is -0.219. The fraction of sp³-hybridized carbons (Fsp3) is 0.364. The first-order chi connectivity index (χ1) is 13.4. The molecule has 1 N–H and O–H groups in total. The molecular formula is C22H28N2O4. The van der Waals surface area contributed by atoms with Crippen LogP contribution in [-0.4, -0.2) is 43.5 Å². The van der Waals surface area contributed by atoms with Crippen LogP contribution in [-0.2, 0) is 16.0 Å². The number of carbonyl (C=O) groups excluding carboxylic acids is 2. The third-order valence-electron chi connectivity index (χ3n) is 4.47. The predicted octanol–water partition coefficient (Wildman–Crippen LogP) is 3.43. The Kier molecular flexibility index (Phi) is 7.87. The molecule has 0 heterocycles. The number of rotatable bonds is 9. The molecule has 0 saturated heterocycles. The van der Waals surface area contributed by atoms with Crippen LogP contribution in [0.15, 0.2) is 42.5 Å². The fourth-order valence-corrected chi connectivity index (χ4v) is 2.85. The monoisotopic (exact) mass is 384 g/mol. The highest BCUT2D eigenvalue weighted by molar-refractivity contribution is 5.95. The second-order valence-electron chi connectivity index (χ2n) is 6.48. The van der Waals surface area contributed by atoms with Crippen LogP contribution in [0, 0.1) is 6.92 Å². The summed E-state index contributed by atoms with van der Waals surface area (Å²) in [6, 6.07) is 13.1. The molecule has 2 rings (SSSR count). The predicted molar refractivity (Wildman–Crippen MR) is 110 cm³/mol. The zero-order chi connectivity index (χ0) is 20.5. The first kappa shape index (κ1) is 21.3. The molecule has 2 amide bonds. The number of carbonyl (C=O) groups is 2. The lowest BCUT2D eigenvalue weighted by Gasteiger charge is -2.21. The van der Waals surface area contributed by atoms with Crippen molar-refractivity contribution >= 4 is 17.5 Å². The highest BCUT2D eigenvalue weighted by Gasteiger charge is 2.15. The van der Waals surface area contributed by atoms with Gasteiger partial charge in [-0.2, -0.15) is 0 Å². The summed E-state index contributed by atoms with van der Waals surface area (Å²) >= 11 is 0. The number of benzene rings is 2. The lowest BCUT2D eigenvalue weighted by atomic mass is 10.1. The molecule has 0 aromatic heterocycles. The van der Waals surface area contributed by atoms with E-state index in [1.165, 1.54) is 11.8 Å². The molecule has 6 heteroatoms. The number of hydrogen-bond acceptors (Lipinski definition) is 4. The SMILES string of the molecule is CCc1cccc(C)c1NC(=O)CN(CCOc1ccc(OC)cc1)C(C)=O. The van der Waals surface area contributed by atoms with Crippen molar-refractivity contribution in [3.8, 4) is 11.5 Å². The Balaban J connectivity index is 1.91. The number of hydrogen-bond donors (Lipinski definition) is 1. The molecule has 2 aromatic carbocycles. The number of anilines is 1. The van der Waals surface area contributed by atoms with Crippen LogP contribution >= 0.6 is 0 Å². The lowest BCUT2D eigenvalue weighted by Crippen LogP contribution is -2.39. The number of amides is 2. The second-order valence-corrected chi connectivity index (χ2v) is 6.48. The minimum Gasteiger partial charge on any atom is -0.497 e. The highest BCUT2D eigenvalue weighted by atomic mass is 16.5. The van der Waals surface area contributed by atoms with Gasteiger partial charge in [-0.15, -0.1) is 0 Å². The first-order valence-electron chi connectivity index (χ1n) is 9.35. The zero-order valence-electron chi connectivity index (χ0n) is 17.0. The molecule has 0 spiro atoms. The Labute approximate surface area is 166 Å². The number of ether oxygens (including phenoxy) is 2. The Morgan fingerprint density at radius 3 is 2.36 bits per heavy atom. The van der Waals surface area contributed by atoms with Gasteiger partial charge in [-0.25, -0.2) is 0 Å². The number of methoxy groups -OCH3 is 1. The molecule has 2 aromatic rings. The van der Waals surface area contributed by atoms with Crippen molar-refractivity contribution in [3.05, 3.63) is 53.6 Å². The van der Waals surface area contributed by atoms with Crippen LogP contribution in [0.3, 0.4) is 0 Å². The summed E-state index contributed by atoms with van der Waals surface area (Å²) in [5.41, 5.74) is 2.91. The average Bonchev–Trinajstić information content (AvgIpc) is 2.69. The summed E-state index contributed by atoms with van der Waals surface area (Å²) in [6.07, 6.45) is 0.823. The number of aryl methyl sites for hydroxylation is 2. The van der Waals surface area contributed by atoms with Crippen molar-refractivity contribution < 1.29 is 19.1 Å². The van der Waals surface area contributed by atoms with E-state index < -0.39 is 0 Å². The van der Waals surface area contributed by atoms with Gasteiger partial charge in [0.25, 0.3) is 0 Å². The van der Waals surface area contributed by atoms with Gasteiger partial charge in [-0.05, 0) is 48.7 Å². The van der Waals surface area contributed by atoms with Gasteiger partial charge in [-0.1, -0.05) is 25.1 Å². The highest BCUT2D eigenvalue weighted by Crippen LogP contribution is 2.21. The summed E-state index contributed by atoms with van der Waals surface area (Å²) in [5, 5.41) is 2.95. The third-order valence-corrected chi connectivity index (χ3v) is 4.47. The maximum atomic E-state index is 12.5. The van der Waals surface area contributed by atoms with Gasteiger partial charge in [-0.3, -0.25) is 9.59 Å². The number of nitrogens with zero attached hydrogens (tertiary/aromatic N) is 1. The molecule has 0 unspecified atom stereocenters. The number of nitrogens with one attached hydrogen (secondary N) is 1.